The van der Waals surface area contributed by atoms with E-state index >= 15 is 0 Å². The van der Waals surface area contributed by atoms with Gasteiger partial charge in [0.1, 0.15) is 16.5 Å². The largest absolute Gasteiger partial charge is 0.295 e. The number of sulfonamides is 1. The van der Waals surface area contributed by atoms with Crippen molar-refractivity contribution in [2.45, 2.75) is 49.0 Å². The van der Waals surface area contributed by atoms with Crippen molar-refractivity contribution in [2.75, 3.05) is 26.2 Å². The molecule has 0 radical (unpaired) electrons. The predicted octanol–water partition coefficient (Wildman–Crippen LogP) is 3.24. The normalized spacial score (nSPS) is 37.0. The Bertz CT molecular complexity index is 814. The summed E-state index contributed by atoms with van der Waals surface area (Å²) in [5.74, 6) is 0.917. The maximum Gasteiger partial charge on any atom is 0.246 e. The molecule has 4 saturated carbocycles. The molecular weight excluding hydrogens is 370 g/mol. The lowest BCUT2D eigenvalue weighted by atomic mass is 9.52. The van der Waals surface area contributed by atoms with E-state index in [9.17, 15) is 17.2 Å². The van der Waals surface area contributed by atoms with Crippen molar-refractivity contribution in [1.29, 1.82) is 0 Å². The van der Waals surface area contributed by atoms with Gasteiger partial charge in [-0.05, 0) is 74.5 Å². The van der Waals surface area contributed by atoms with Gasteiger partial charge >= 0.3 is 0 Å². The van der Waals surface area contributed by atoms with Crippen LogP contribution in [0.4, 0.5) is 8.78 Å². The third-order valence-electron chi connectivity index (χ3n) is 7.43. The summed E-state index contributed by atoms with van der Waals surface area (Å²) in [4.78, 5) is 1.97. The van der Waals surface area contributed by atoms with Crippen LogP contribution in [0.3, 0.4) is 0 Å². The summed E-state index contributed by atoms with van der Waals surface area (Å²) in [5.41, 5.74) is 0.259. The first-order chi connectivity index (χ1) is 12.9. The molecule has 1 aromatic carbocycles. The summed E-state index contributed by atoms with van der Waals surface area (Å²) in [6.45, 7) is 2.06. The van der Waals surface area contributed by atoms with Crippen molar-refractivity contribution >= 4 is 10.0 Å². The van der Waals surface area contributed by atoms with Crippen LogP contribution in [0.5, 0.6) is 0 Å². The Labute approximate surface area is 159 Å². The SMILES string of the molecule is O=S(=O)(c1cc(F)ccc1F)N1CCN(C23CC4CC(CC(C4)C2)C3)CC1. The molecule has 1 aromatic rings. The zero-order valence-electron chi connectivity index (χ0n) is 15.4. The van der Waals surface area contributed by atoms with Gasteiger partial charge in [0.15, 0.2) is 0 Å². The Morgan fingerprint density at radius 3 is 2.00 bits per heavy atom. The monoisotopic (exact) mass is 396 g/mol. The van der Waals surface area contributed by atoms with Crippen LogP contribution in [0, 0.1) is 29.4 Å². The first kappa shape index (κ1) is 18.0. The predicted molar refractivity (Wildman–Crippen MR) is 97.6 cm³/mol. The molecule has 6 rings (SSSR count). The van der Waals surface area contributed by atoms with Crippen molar-refractivity contribution in [3.63, 3.8) is 0 Å². The van der Waals surface area contributed by atoms with E-state index in [1.54, 1.807) is 0 Å². The fraction of sp³-hybridized carbons (Fsp3) is 0.700. The second-order valence-corrected chi connectivity index (χ2v) is 11.0. The number of piperazine rings is 1. The van der Waals surface area contributed by atoms with E-state index in [2.05, 4.69) is 4.90 Å². The first-order valence-corrected chi connectivity index (χ1v) is 11.5. The van der Waals surface area contributed by atoms with Crippen LogP contribution in [0.15, 0.2) is 23.1 Å². The van der Waals surface area contributed by atoms with Crippen LogP contribution in [0.2, 0.25) is 0 Å². The van der Waals surface area contributed by atoms with E-state index in [1.165, 1.54) is 42.8 Å². The third kappa shape index (κ3) is 2.93. The highest BCUT2D eigenvalue weighted by Gasteiger charge is 2.54. The quantitative estimate of drug-likeness (QED) is 0.788. The second kappa shape index (κ2) is 6.22. The Balaban J connectivity index is 1.33. The van der Waals surface area contributed by atoms with Crippen LogP contribution in [-0.2, 0) is 10.0 Å². The van der Waals surface area contributed by atoms with E-state index in [4.69, 9.17) is 0 Å². The minimum atomic E-state index is -4.00. The van der Waals surface area contributed by atoms with Crippen LogP contribution in [0.1, 0.15) is 38.5 Å². The molecule has 0 aromatic heterocycles. The third-order valence-corrected chi connectivity index (χ3v) is 9.34. The highest BCUT2D eigenvalue weighted by atomic mass is 32.2. The molecule has 1 heterocycles. The summed E-state index contributed by atoms with van der Waals surface area (Å²) in [7, 11) is -4.00. The smallest absolute Gasteiger partial charge is 0.246 e. The second-order valence-electron chi connectivity index (χ2n) is 9.11. The average molecular weight is 397 g/mol. The van der Waals surface area contributed by atoms with Crippen molar-refractivity contribution in [3.05, 3.63) is 29.8 Å². The minimum Gasteiger partial charge on any atom is -0.295 e. The zero-order valence-corrected chi connectivity index (χ0v) is 16.2. The Hall–Kier alpha value is -1.05. The lowest BCUT2D eigenvalue weighted by molar-refractivity contribution is -0.0964. The first-order valence-electron chi connectivity index (χ1n) is 10.1. The fourth-order valence-electron chi connectivity index (χ4n) is 6.67. The standard InChI is InChI=1S/C20H26F2N2O2S/c21-17-1-2-18(22)19(10-17)27(25,26)24-5-3-23(4-6-24)20-11-14-7-15(12-20)9-16(8-14)13-20/h1-2,10,14-16H,3-9,11-13H2. The van der Waals surface area contributed by atoms with Gasteiger partial charge in [-0.15, -0.1) is 0 Å². The van der Waals surface area contributed by atoms with Crippen LogP contribution < -0.4 is 0 Å². The van der Waals surface area contributed by atoms with Crippen molar-refractivity contribution in [2.24, 2.45) is 17.8 Å². The Morgan fingerprint density at radius 2 is 1.44 bits per heavy atom. The van der Waals surface area contributed by atoms with E-state index in [0.717, 1.165) is 36.0 Å². The number of benzene rings is 1. The van der Waals surface area contributed by atoms with Gasteiger partial charge in [0.2, 0.25) is 10.0 Å². The van der Waals surface area contributed by atoms with E-state index < -0.39 is 26.6 Å². The number of hydrogen-bond acceptors (Lipinski definition) is 3. The molecule has 1 aliphatic heterocycles. The van der Waals surface area contributed by atoms with Crippen molar-refractivity contribution < 1.29 is 17.2 Å². The summed E-state index contributed by atoms with van der Waals surface area (Å²) in [6, 6.07) is 2.61. The van der Waals surface area contributed by atoms with Gasteiger partial charge < -0.3 is 0 Å². The number of nitrogens with zero attached hydrogens (tertiary/aromatic N) is 2. The summed E-state index contributed by atoms with van der Waals surface area (Å²) < 4.78 is 54.4. The highest BCUT2D eigenvalue weighted by molar-refractivity contribution is 7.89. The van der Waals surface area contributed by atoms with E-state index in [1.807, 2.05) is 0 Å². The van der Waals surface area contributed by atoms with Crippen LogP contribution >= 0.6 is 0 Å². The van der Waals surface area contributed by atoms with Gasteiger partial charge in [-0.3, -0.25) is 4.90 Å². The minimum absolute atomic E-state index is 0.259. The molecule has 0 N–H and O–H groups in total. The zero-order chi connectivity index (χ0) is 18.8. The topological polar surface area (TPSA) is 40.6 Å². The van der Waals surface area contributed by atoms with Gasteiger partial charge in [-0.2, -0.15) is 4.31 Å². The maximum absolute atomic E-state index is 14.0. The molecule has 27 heavy (non-hydrogen) atoms. The highest BCUT2D eigenvalue weighted by Crippen LogP contribution is 2.57. The van der Waals surface area contributed by atoms with Gasteiger partial charge in [-0.1, -0.05) is 0 Å². The Kier molecular flexibility index (Phi) is 4.15. The van der Waals surface area contributed by atoms with Gasteiger partial charge in [0, 0.05) is 31.7 Å². The maximum atomic E-state index is 14.0. The molecule has 0 amide bonds. The molecule has 7 heteroatoms. The lowest BCUT2D eigenvalue weighted by Gasteiger charge is -2.61. The van der Waals surface area contributed by atoms with Crippen molar-refractivity contribution in [3.8, 4) is 0 Å². The molecular formula is C20H26F2N2O2S. The molecule has 4 aliphatic carbocycles. The number of rotatable bonds is 3. The molecule has 5 aliphatic rings. The molecule has 148 valence electrons. The summed E-state index contributed by atoms with van der Waals surface area (Å²) in [5, 5.41) is 0. The van der Waals surface area contributed by atoms with Crippen molar-refractivity contribution in [1.82, 2.24) is 9.21 Å². The fourth-order valence-corrected chi connectivity index (χ4v) is 8.17. The van der Waals surface area contributed by atoms with Gasteiger partial charge in [0.05, 0.1) is 0 Å². The van der Waals surface area contributed by atoms with Gasteiger partial charge in [-0.25, -0.2) is 17.2 Å². The summed E-state index contributed by atoms with van der Waals surface area (Å²) in [6.07, 6.45) is 7.91. The molecule has 0 spiro atoms. The van der Waals surface area contributed by atoms with Crippen LogP contribution in [-0.4, -0.2) is 49.3 Å². The molecule has 4 nitrogen and oxygen atoms in total. The average Bonchev–Trinajstić information content (AvgIpc) is 2.63. The van der Waals surface area contributed by atoms with E-state index in [-0.39, 0.29) is 5.54 Å². The van der Waals surface area contributed by atoms with E-state index in [0.29, 0.717) is 26.2 Å². The Morgan fingerprint density at radius 1 is 0.889 bits per heavy atom. The van der Waals surface area contributed by atoms with Crippen LogP contribution in [0.25, 0.3) is 0 Å². The molecule has 0 atom stereocenters. The number of halogens is 2. The molecule has 5 fully saturated rings. The lowest BCUT2D eigenvalue weighted by Crippen LogP contribution is -2.64. The number of hydrogen-bond donors (Lipinski definition) is 0. The van der Waals surface area contributed by atoms with Gasteiger partial charge in [0.25, 0.3) is 0 Å². The molecule has 0 unspecified atom stereocenters. The molecule has 4 bridgehead atoms. The molecule has 1 saturated heterocycles. The summed E-state index contributed by atoms with van der Waals surface area (Å²) >= 11 is 0.